The van der Waals surface area contributed by atoms with Crippen LogP contribution in [0.3, 0.4) is 0 Å². The molecular formula is C10H14ClNO. The van der Waals surface area contributed by atoms with Crippen molar-refractivity contribution in [3.63, 3.8) is 0 Å². The van der Waals surface area contributed by atoms with E-state index in [0.29, 0.717) is 5.15 Å². The molecule has 1 aromatic heterocycles. The Balaban J connectivity index is 2.67. The molecule has 72 valence electrons. The zero-order valence-electron chi connectivity index (χ0n) is 7.92. The summed E-state index contributed by atoms with van der Waals surface area (Å²) in [6.45, 7) is 3.68. The molecule has 3 heteroatoms. The van der Waals surface area contributed by atoms with Crippen molar-refractivity contribution in [3.05, 3.63) is 28.5 Å². The molecule has 2 nitrogen and oxygen atoms in total. The monoisotopic (exact) mass is 199 g/mol. The number of halogens is 1. The molecule has 0 unspecified atom stereocenters. The third kappa shape index (κ3) is 3.33. The first-order valence-corrected chi connectivity index (χ1v) is 4.77. The molecule has 1 N–H and O–H groups in total. The second kappa shape index (κ2) is 4.58. The number of nitrogens with zero attached hydrogens (tertiary/aromatic N) is 1. The van der Waals surface area contributed by atoms with Crippen molar-refractivity contribution >= 4 is 11.6 Å². The fourth-order valence-corrected chi connectivity index (χ4v) is 1.40. The van der Waals surface area contributed by atoms with Crippen LogP contribution in [0.1, 0.15) is 24.6 Å². The summed E-state index contributed by atoms with van der Waals surface area (Å²) >= 11 is 5.92. The van der Waals surface area contributed by atoms with Gasteiger partial charge in [-0.05, 0) is 38.3 Å². The largest absolute Gasteiger partial charge is 0.393 e. The highest BCUT2D eigenvalue weighted by Gasteiger charge is 2.03. The quantitative estimate of drug-likeness (QED) is 0.759. The second-order valence-electron chi connectivity index (χ2n) is 3.29. The maximum atomic E-state index is 9.10. The summed E-state index contributed by atoms with van der Waals surface area (Å²) in [5.74, 6) is 0. The predicted octanol–water partition coefficient (Wildman–Crippen LogP) is 2.36. The molecule has 1 rings (SSSR count). The molecule has 0 radical (unpaired) electrons. The number of pyridine rings is 1. The van der Waals surface area contributed by atoms with Gasteiger partial charge in [-0.2, -0.15) is 0 Å². The van der Waals surface area contributed by atoms with E-state index in [9.17, 15) is 0 Å². The van der Waals surface area contributed by atoms with Crippen LogP contribution in [0.5, 0.6) is 0 Å². The summed E-state index contributed by atoms with van der Waals surface area (Å²) < 4.78 is 0. The molecule has 0 spiro atoms. The standard InChI is InChI=1S/C10H14ClNO/c1-7-3-5-9(10(11)12-7)6-4-8(2)13/h3,5,8,13H,4,6H2,1-2H3/t8-/m1/s1. The average molecular weight is 200 g/mol. The Labute approximate surface area is 83.6 Å². The van der Waals surface area contributed by atoms with Crippen LogP contribution in [0.4, 0.5) is 0 Å². The third-order valence-electron chi connectivity index (χ3n) is 1.90. The van der Waals surface area contributed by atoms with Gasteiger partial charge < -0.3 is 5.11 Å². The smallest absolute Gasteiger partial charge is 0.132 e. The Kier molecular flexibility index (Phi) is 3.70. The average Bonchev–Trinajstić information content (AvgIpc) is 2.02. The summed E-state index contributed by atoms with van der Waals surface area (Å²) in [6.07, 6.45) is 1.23. The summed E-state index contributed by atoms with van der Waals surface area (Å²) in [6, 6.07) is 3.90. The van der Waals surface area contributed by atoms with Crippen molar-refractivity contribution in [2.75, 3.05) is 0 Å². The molecule has 1 atom stereocenters. The minimum atomic E-state index is -0.280. The van der Waals surface area contributed by atoms with Gasteiger partial charge in [-0.25, -0.2) is 4.98 Å². The molecule has 0 bridgehead atoms. The molecule has 0 aromatic carbocycles. The Morgan fingerprint density at radius 3 is 2.77 bits per heavy atom. The third-order valence-corrected chi connectivity index (χ3v) is 2.22. The van der Waals surface area contributed by atoms with Crippen molar-refractivity contribution in [2.24, 2.45) is 0 Å². The minimum absolute atomic E-state index is 0.280. The fraction of sp³-hybridized carbons (Fsp3) is 0.500. The topological polar surface area (TPSA) is 33.1 Å². The lowest BCUT2D eigenvalue weighted by atomic mass is 10.1. The number of rotatable bonds is 3. The summed E-state index contributed by atoms with van der Waals surface area (Å²) in [5.41, 5.74) is 1.93. The molecule has 0 fully saturated rings. The van der Waals surface area contributed by atoms with E-state index in [1.807, 2.05) is 19.1 Å². The minimum Gasteiger partial charge on any atom is -0.393 e. The van der Waals surface area contributed by atoms with Crippen molar-refractivity contribution in [1.82, 2.24) is 4.98 Å². The van der Waals surface area contributed by atoms with Gasteiger partial charge in [0, 0.05) is 5.69 Å². The lowest BCUT2D eigenvalue weighted by Crippen LogP contribution is -2.02. The molecule has 1 aromatic rings. The van der Waals surface area contributed by atoms with Gasteiger partial charge in [0.05, 0.1) is 6.10 Å². The van der Waals surface area contributed by atoms with Crippen molar-refractivity contribution in [1.29, 1.82) is 0 Å². The normalized spacial score (nSPS) is 12.9. The van der Waals surface area contributed by atoms with Gasteiger partial charge in [0.25, 0.3) is 0 Å². The number of aromatic nitrogens is 1. The fourth-order valence-electron chi connectivity index (χ4n) is 1.10. The van der Waals surface area contributed by atoms with Crippen LogP contribution < -0.4 is 0 Å². The van der Waals surface area contributed by atoms with E-state index in [4.69, 9.17) is 16.7 Å². The lowest BCUT2D eigenvalue weighted by molar-refractivity contribution is 0.185. The Morgan fingerprint density at radius 1 is 1.54 bits per heavy atom. The van der Waals surface area contributed by atoms with Gasteiger partial charge in [0.2, 0.25) is 0 Å². The molecule has 0 saturated carbocycles. The van der Waals surface area contributed by atoms with Crippen molar-refractivity contribution in [3.8, 4) is 0 Å². The van der Waals surface area contributed by atoms with Crippen LogP contribution in [-0.2, 0) is 6.42 Å². The van der Waals surface area contributed by atoms with E-state index in [0.717, 1.165) is 24.1 Å². The van der Waals surface area contributed by atoms with Crippen molar-refractivity contribution < 1.29 is 5.11 Å². The predicted molar refractivity (Wildman–Crippen MR) is 54.0 cm³/mol. The van der Waals surface area contributed by atoms with Crippen LogP contribution in [0.2, 0.25) is 5.15 Å². The Morgan fingerprint density at radius 2 is 2.23 bits per heavy atom. The molecule has 0 aliphatic carbocycles. The molecule has 13 heavy (non-hydrogen) atoms. The lowest BCUT2D eigenvalue weighted by Gasteiger charge is -2.05. The maximum Gasteiger partial charge on any atom is 0.132 e. The van der Waals surface area contributed by atoms with Gasteiger partial charge in [-0.15, -0.1) is 0 Å². The molecule has 1 heterocycles. The van der Waals surface area contributed by atoms with E-state index in [-0.39, 0.29) is 6.10 Å². The molecule has 0 saturated heterocycles. The summed E-state index contributed by atoms with van der Waals surface area (Å²) in [5, 5.41) is 9.65. The highest BCUT2D eigenvalue weighted by Crippen LogP contribution is 2.15. The van der Waals surface area contributed by atoms with Crippen LogP contribution in [0, 0.1) is 6.92 Å². The molecule has 0 amide bonds. The summed E-state index contributed by atoms with van der Waals surface area (Å²) in [7, 11) is 0. The second-order valence-corrected chi connectivity index (χ2v) is 3.65. The van der Waals surface area contributed by atoms with Gasteiger partial charge in [-0.3, -0.25) is 0 Å². The van der Waals surface area contributed by atoms with E-state index in [2.05, 4.69) is 4.98 Å². The number of hydrogen-bond donors (Lipinski definition) is 1. The van der Waals surface area contributed by atoms with Crippen LogP contribution in [0.15, 0.2) is 12.1 Å². The van der Waals surface area contributed by atoms with Crippen molar-refractivity contribution in [2.45, 2.75) is 32.8 Å². The number of aryl methyl sites for hydroxylation is 2. The number of aliphatic hydroxyl groups excluding tert-OH is 1. The van der Waals surface area contributed by atoms with Gasteiger partial charge in [0.1, 0.15) is 5.15 Å². The first kappa shape index (κ1) is 10.5. The molecule has 0 aliphatic heterocycles. The van der Waals surface area contributed by atoms with Gasteiger partial charge >= 0.3 is 0 Å². The first-order valence-electron chi connectivity index (χ1n) is 4.39. The van der Waals surface area contributed by atoms with E-state index >= 15 is 0 Å². The highest BCUT2D eigenvalue weighted by molar-refractivity contribution is 6.30. The van der Waals surface area contributed by atoms with E-state index < -0.39 is 0 Å². The SMILES string of the molecule is Cc1ccc(CC[C@@H](C)O)c(Cl)n1. The summed E-state index contributed by atoms with van der Waals surface area (Å²) in [4.78, 5) is 4.14. The Bertz CT molecular complexity index is 286. The van der Waals surface area contributed by atoms with Gasteiger partial charge in [-0.1, -0.05) is 17.7 Å². The molecular weight excluding hydrogens is 186 g/mol. The zero-order valence-corrected chi connectivity index (χ0v) is 8.67. The van der Waals surface area contributed by atoms with E-state index in [1.165, 1.54) is 0 Å². The maximum absolute atomic E-state index is 9.10. The first-order chi connectivity index (χ1) is 6.09. The van der Waals surface area contributed by atoms with Crippen LogP contribution >= 0.6 is 11.6 Å². The van der Waals surface area contributed by atoms with Crippen LogP contribution in [-0.4, -0.2) is 16.2 Å². The van der Waals surface area contributed by atoms with Gasteiger partial charge in [0.15, 0.2) is 0 Å². The zero-order chi connectivity index (χ0) is 9.84. The molecule has 0 aliphatic rings. The highest BCUT2D eigenvalue weighted by atomic mass is 35.5. The number of hydrogen-bond acceptors (Lipinski definition) is 2. The van der Waals surface area contributed by atoms with E-state index in [1.54, 1.807) is 6.92 Å². The number of aliphatic hydroxyl groups is 1. The Hall–Kier alpha value is -0.600. The van der Waals surface area contributed by atoms with Crippen LogP contribution in [0.25, 0.3) is 0 Å².